The molecule has 0 aromatic heterocycles. The maximum absolute atomic E-state index is 5.98. The van der Waals surface area contributed by atoms with Crippen LogP contribution in [0.15, 0.2) is 18.2 Å². The topological polar surface area (TPSA) is 38.0 Å². The van der Waals surface area contributed by atoms with Crippen LogP contribution in [0, 0.1) is 6.92 Å². The fourth-order valence-corrected chi connectivity index (χ4v) is 1.43. The molecule has 0 bridgehead atoms. The van der Waals surface area contributed by atoms with E-state index in [1.54, 1.807) is 0 Å². The molecule has 3 heteroatoms. The number of nitrogen functional groups attached to an aromatic ring is 1. The van der Waals surface area contributed by atoms with E-state index < -0.39 is 0 Å². The third-order valence-electron chi connectivity index (χ3n) is 2.58. The lowest BCUT2D eigenvalue weighted by Crippen LogP contribution is -2.26. The first-order chi connectivity index (χ1) is 6.96. The van der Waals surface area contributed by atoms with Gasteiger partial charge in [-0.3, -0.25) is 0 Å². The van der Waals surface area contributed by atoms with Gasteiger partial charge < -0.3 is 11.1 Å². The summed E-state index contributed by atoms with van der Waals surface area (Å²) in [5.41, 5.74) is 9.01. The van der Waals surface area contributed by atoms with Crippen molar-refractivity contribution in [1.82, 2.24) is 0 Å². The highest BCUT2D eigenvalue weighted by Crippen LogP contribution is 2.25. The summed E-state index contributed by atoms with van der Waals surface area (Å²) in [6.07, 6.45) is 2.13. The van der Waals surface area contributed by atoms with Crippen LogP contribution in [0.25, 0.3) is 0 Å². The van der Waals surface area contributed by atoms with E-state index in [2.05, 4.69) is 25.4 Å². The molecule has 1 aromatic carbocycles. The third-order valence-corrected chi connectivity index (χ3v) is 3.83. The first-order valence-electron chi connectivity index (χ1n) is 5.10. The molecule has 15 heavy (non-hydrogen) atoms. The van der Waals surface area contributed by atoms with Gasteiger partial charge in [-0.1, -0.05) is 12.1 Å². The summed E-state index contributed by atoms with van der Waals surface area (Å²) in [6.45, 7) is 7.38. The SMILES string of the molecule is CSC(C)(C)CNc1cccc(C)c1N. The normalized spacial score (nSPS) is 11.5. The predicted octanol–water partition coefficient (Wildman–Crippen LogP) is 3.13. The second-order valence-corrected chi connectivity index (χ2v) is 5.87. The van der Waals surface area contributed by atoms with E-state index in [9.17, 15) is 0 Å². The second-order valence-electron chi connectivity index (χ2n) is 4.35. The highest BCUT2D eigenvalue weighted by atomic mass is 32.2. The molecule has 1 aromatic rings. The predicted molar refractivity (Wildman–Crippen MR) is 71.7 cm³/mol. The Balaban J connectivity index is 2.70. The van der Waals surface area contributed by atoms with E-state index in [4.69, 9.17) is 5.73 Å². The number of nitrogens with one attached hydrogen (secondary N) is 1. The van der Waals surface area contributed by atoms with Gasteiger partial charge in [0.1, 0.15) is 0 Å². The molecule has 0 unspecified atom stereocenters. The Kier molecular flexibility index (Phi) is 3.91. The van der Waals surface area contributed by atoms with E-state index in [1.165, 1.54) is 0 Å². The zero-order valence-electron chi connectivity index (χ0n) is 9.92. The fourth-order valence-electron chi connectivity index (χ4n) is 1.22. The lowest BCUT2D eigenvalue weighted by molar-refractivity contribution is 0.753. The maximum Gasteiger partial charge on any atom is 0.0579 e. The Labute approximate surface area is 96.6 Å². The first-order valence-corrected chi connectivity index (χ1v) is 6.33. The number of nitrogens with two attached hydrogens (primary N) is 1. The molecule has 0 saturated heterocycles. The number of anilines is 2. The lowest BCUT2D eigenvalue weighted by Gasteiger charge is -2.23. The molecular weight excluding hydrogens is 204 g/mol. The molecule has 2 nitrogen and oxygen atoms in total. The average Bonchev–Trinajstić information content (AvgIpc) is 2.20. The number of thioether (sulfide) groups is 1. The summed E-state index contributed by atoms with van der Waals surface area (Å²) >= 11 is 1.85. The van der Waals surface area contributed by atoms with Crippen molar-refractivity contribution in [1.29, 1.82) is 0 Å². The molecule has 0 saturated carbocycles. The Morgan fingerprint density at radius 2 is 2.07 bits per heavy atom. The summed E-state index contributed by atoms with van der Waals surface area (Å²) in [5, 5.41) is 3.40. The standard InChI is InChI=1S/C12H20N2S/c1-9-6-5-7-10(11(9)13)14-8-12(2,3)15-4/h5-7,14H,8,13H2,1-4H3. The fraction of sp³-hybridized carbons (Fsp3) is 0.500. The van der Waals surface area contributed by atoms with Crippen LogP contribution in [0.2, 0.25) is 0 Å². The molecule has 84 valence electrons. The number of aryl methyl sites for hydroxylation is 1. The van der Waals surface area contributed by atoms with E-state index in [-0.39, 0.29) is 4.75 Å². The summed E-state index contributed by atoms with van der Waals surface area (Å²) < 4.78 is 0.232. The van der Waals surface area contributed by atoms with Crippen molar-refractivity contribution in [2.24, 2.45) is 0 Å². The molecule has 0 aliphatic rings. The Hall–Kier alpha value is -0.830. The highest BCUT2D eigenvalue weighted by Gasteiger charge is 2.15. The summed E-state index contributed by atoms with van der Waals surface area (Å²) in [4.78, 5) is 0. The van der Waals surface area contributed by atoms with Crippen molar-refractivity contribution in [2.45, 2.75) is 25.5 Å². The van der Waals surface area contributed by atoms with Gasteiger partial charge in [0.05, 0.1) is 11.4 Å². The summed E-state index contributed by atoms with van der Waals surface area (Å²) in [5.74, 6) is 0. The molecule has 0 aliphatic heterocycles. The molecule has 0 fully saturated rings. The Morgan fingerprint density at radius 1 is 1.40 bits per heavy atom. The number of benzene rings is 1. The van der Waals surface area contributed by atoms with Crippen LogP contribution in [0.3, 0.4) is 0 Å². The minimum atomic E-state index is 0.232. The van der Waals surface area contributed by atoms with Crippen molar-refractivity contribution in [3.8, 4) is 0 Å². The van der Waals surface area contributed by atoms with Gasteiger partial charge >= 0.3 is 0 Å². The van der Waals surface area contributed by atoms with Crippen LogP contribution in [-0.4, -0.2) is 17.5 Å². The van der Waals surface area contributed by atoms with Gasteiger partial charge in [-0.05, 0) is 38.7 Å². The second kappa shape index (κ2) is 4.79. The minimum Gasteiger partial charge on any atom is -0.397 e. The zero-order valence-corrected chi connectivity index (χ0v) is 10.7. The Bertz CT molecular complexity index is 334. The van der Waals surface area contributed by atoms with Gasteiger partial charge in [0, 0.05) is 11.3 Å². The molecule has 0 atom stereocenters. The third kappa shape index (κ3) is 3.34. The first kappa shape index (κ1) is 12.2. The van der Waals surface area contributed by atoms with Gasteiger partial charge in [0.25, 0.3) is 0 Å². The van der Waals surface area contributed by atoms with Crippen molar-refractivity contribution in [2.75, 3.05) is 23.9 Å². The molecule has 0 spiro atoms. The van der Waals surface area contributed by atoms with Crippen LogP contribution in [0.5, 0.6) is 0 Å². The molecule has 3 N–H and O–H groups in total. The largest absolute Gasteiger partial charge is 0.397 e. The van der Waals surface area contributed by atoms with Crippen molar-refractivity contribution in [3.63, 3.8) is 0 Å². The number of rotatable bonds is 4. The lowest BCUT2D eigenvalue weighted by atomic mass is 10.1. The van der Waals surface area contributed by atoms with E-state index in [0.717, 1.165) is 23.5 Å². The van der Waals surface area contributed by atoms with Crippen LogP contribution in [0.4, 0.5) is 11.4 Å². The van der Waals surface area contributed by atoms with Crippen molar-refractivity contribution < 1.29 is 0 Å². The number of hydrogen-bond acceptors (Lipinski definition) is 3. The Morgan fingerprint density at radius 3 is 2.67 bits per heavy atom. The van der Waals surface area contributed by atoms with Crippen molar-refractivity contribution >= 4 is 23.1 Å². The van der Waals surface area contributed by atoms with Gasteiger partial charge in [0.15, 0.2) is 0 Å². The molecular formula is C12H20N2S. The number of hydrogen-bond donors (Lipinski definition) is 2. The van der Waals surface area contributed by atoms with E-state index in [0.29, 0.717) is 0 Å². The maximum atomic E-state index is 5.98. The van der Waals surface area contributed by atoms with Crippen LogP contribution < -0.4 is 11.1 Å². The highest BCUT2D eigenvalue weighted by molar-refractivity contribution is 7.99. The molecule has 0 aliphatic carbocycles. The molecule has 0 amide bonds. The van der Waals surface area contributed by atoms with Gasteiger partial charge in [0.2, 0.25) is 0 Å². The van der Waals surface area contributed by atoms with Gasteiger partial charge in [-0.15, -0.1) is 0 Å². The van der Waals surface area contributed by atoms with Gasteiger partial charge in [-0.2, -0.15) is 11.8 Å². The zero-order chi connectivity index (χ0) is 11.5. The molecule has 0 heterocycles. The molecule has 1 rings (SSSR count). The average molecular weight is 224 g/mol. The van der Waals surface area contributed by atoms with Gasteiger partial charge in [-0.25, -0.2) is 0 Å². The summed E-state index contributed by atoms with van der Waals surface area (Å²) in [6, 6.07) is 6.08. The minimum absolute atomic E-state index is 0.232. The van der Waals surface area contributed by atoms with Crippen LogP contribution >= 0.6 is 11.8 Å². The molecule has 0 radical (unpaired) electrons. The van der Waals surface area contributed by atoms with E-state index in [1.807, 2.05) is 36.9 Å². The van der Waals surface area contributed by atoms with Crippen LogP contribution in [-0.2, 0) is 0 Å². The van der Waals surface area contributed by atoms with E-state index >= 15 is 0 Å². The quantitative estimate of drug-likeness (QED) is 0.772. The van der Waals surface area contributed by atoms with Crippen LogP contribution in [0.1, 0.15) is 19.4 Å². The smallest absolute Gasteiger partial charge is 0.0579 e. The number of para-hydroxylation sites is 1. The summed E-state index contributed by atoms with van der Waals surface area (Å²) in [7, 11) is 0. The van der Waals surface area contributed by atoms with Crippen molar-refractivity contribution in [3.05, 3.63) is 23.8 Å². The monoisotopic (exact) mass is 224 g/mol.